The molecule has 1 amide bonds. The SMILES string of the molecule is Nc1ccc(C(=O)Nc2ccc(C(F)(F)F)cc2)nc1. The summed E-state index contributed by atoms with van der Waals surface area (Å²) in [6.45, 7) is 0. The molecular formula is C13H10F3N3O. The van der Waals surface area contributed by atoms with E-state index in [9.17, 15) is 18.0 Å². The van der Waals surface area contributed by atoms with Gasteiger partial charge in [-0.3, -0.25) is 4.79 Å². The van der Waals surface area contributed by atoms with E-state index in [0.717, 1.165) is 12.1 Å². The Balaban J connectivity index is 2.10. The number of aromatic nitrogens is 1. The van der Waals surface area contributed by atoms with E-state index in [1.165, 1.54) is 30.5 Å². The van der Waals surface area contributed by atoms with Crippen LogP contribution in [-0.4, -0.2) is 10.9 Å². The van der Waals surface area contributed by atoms with Gasteiger partial charge in [0, 0.05) is 5.69 Å². The third kappa shape index (κ3) is 3.25. The maximum absolute atomic E-state index is 12.4. The van der Waals surface area contributed by atoms with Crippen molar-refractivity contribution < 1.29 is 18.0 Å². The predicted molar refractivity (Wildman–Crippen MR) is 68.0 cm³/mol. The Morgan fingerprint density at radius 1 is 1.10 bits per heavy atom. The topological polar surface area (TPSA) is 68.0 Å². The number of nitrogens with two attached hydrogens (primary N) is 1. The quantitative estimate of drug-likeness (QED) is 0.889. The van der Waals surface area contributed by atoms with Gasteiger partial charge in [0.05, 0.1) is 17.4 Å². The van der Waals surface area contributed by atoms with E-state index in [4.69, 9.17) is 5.73 Å². The molecule has 20 heavy (non-hydrogen) atoms. The molecule has 3 N–H and O–H groups in total. The van der Waals surface area contributed by atoms with E-state index >= 15 is 0 Å². The van der Waals surface area contributed by atoms with Gasteiger partial charge in [0.2, 0.25) is 0 Å². The van der Waals surface area contributed by atoms with Crippen LogP contribution in [-0.2, 0) is 6.18 Å². The molecule has 0 unspecified atom stereocenters. The van der Waals surface area contributed by atoms with Gasteiger partial charge in [-0.05, 0) is 36.4 Å². The monoisotopic (exact) mass is 281 g/mol. The Bertz CT molecular complexity index is 606. The fourth-order valence-electron chi connectivity index (χ4n) is 1.48. The molecule has 4 nitrogen and oxygen atoms in total. The van der Waals surface area contributed by atoms with E-state index in [0.29, 0.717) is 5.69 Å². The second-order valence-corrected chi connectivity index (χ2v) is 4.01. The number of nitrogen functional groups attached to an aromatic ring is 1. The number of benzene rings is 1. The number of nitrogens with one attached hydrogen (secondary N) is 1. The highest BCUT2D eigenvalue weighted by Gasteiger charge is 2.29. The van der Waals surface area contributed by atoms with Crippen LogP contribution in [0.2, 0.25) is 0 Å². The number of hydrogen-bond acceptors (Lipinski definition) is 3. The first-order valence-corrected chi connectivity index (χ1v) is 5.56. The second kappa shape index (κ2) is 5.20. The molecule has 7 heteroatoms. The molecule has 2 aromatic rings. The van der Waals surface area contributed by atoms with Crippen molar-refractivity contribution in [3.8, 4) is 0 Å². The van der Waals surface area contributed by atoms with E-state index in [2.05, 4.69) is 10.3 Å². The Morgan fingerprint density at radius 2 is 1.75 bits per heavy atom. The highest BCUT2D eigenvalue weighted by atomic mass is 19.4. The first-order chi connectivity index (χ1) is 9.36. The molecule has 1 aromatic carbocycles. The predicted octanol–water partition coefficient (Wildman–Crippen LogP) is 2.93. The summed E-state index contributed by atoms with van der Waals surface area (Å²) in [6.07, 6.45) is -3.08. The van der Waals surface area contributed by atoms with Crippen LogP contribution in [0.1, 0.15) is 16.1 Å². The highest BCUT2D eigenvalue weighted by molar-refractivity contribution is 6.02. The summed E-state index contributed by atoms with van der Waals surface area (Å²) < 4.78 is 37.1. The molecule has 0 aliphatic rings. The van der Waals surface area contributed by atoms with Crippen LogP contribution in [0.4, 0.5) is 24.5 Å². The van der Waals surface area contributed by atoms with E-state index in [1.807, 2.05) is 0 Å². The number of rotatable bonds is 2. The zero-order valence-corrected chi connectivity index (χ0v) is 10.1. The van der Waals surface area contributed by atoms with Gasteiger partial charge in [-0.25, -0.2) is 4.98 Å². The minimum atomic E-state index is -4.40. The molecule has 0 fully saturated rings. The number of pyridine rings is 1. The Kier molecular flexibility index (Phi) is 3.60. The van der Waals surface area contributed by atoms with Gasteiger partial charge in [-0.2, -0.15) is 13.2 Å². The largest absolute Gasteiger partial charge is 0.416 e. The van der Waals surface area contributed by atoms with Gasteiger partial charge in [0.25, 0.3) is 5.91 Å². The number of carbonyl (C=O) groups is 1. The summed E-state index contributed by atoms with van der Waals surface area (Å²) in [5.74, 6) is -0.523. The number of hydrogen-bond donors (Lipinski definition) is 2. The van der Waals surface area contributed by atoms with Crippen molar-refractivity contribution in [3.63, 3.8) is 0 Å². The zero-order chi connectivity index (χ0) is 14.8. The molecule has 0 atom stereocenters. The Hall–Kier alpha value is -2.57. The minimum absolute atomic E-state index is 0.124. The normalized spacial score (nSPS) is 11.2. The van der Waals surface area contributed by atoms with Crippen LogP contribution in [0.25, 0.3) is 0 Å². The third-order valence-corrected chi connectivity index (χ3v) is 2.49. The maximum Gasteiger partial charge on any atom is 0.416 e. The van der Waals surface area contributed by atoms with Crippen molar-refractivity contribution >= 4 is 17.3 Å². The average molecular weight is 281 g/mol. The van der Waals surface area contributed by atoms with Crippen LogP contribution in [0.3, 0.4) is 0 Å². The number of alkyl halides is 3. The van der Waals surface area contributed by atoms with Crippen molar-refractivity contribution in [2.45, 2.75) is 6.18 Å². The van der Waals surface area contributed by atoms with Crippen molar-refractivity contribution in [3.05, 3.63) is 53.9 Å². The summed E-state index contributed by atoms with van der Waals surface area (Å²) in [4.78, 5) is 15.6. The summed E-state index contributed by atoms with van der Waals surface area (Å²) in [6, 6.07) is 7.08. The van der Waals surface area contributed by atoms with E-state index < -0.39 is 17.6 Å². The van der Waals surface area contributed by atoms with Gasteiger partial charge in [-0.15, -0.1) is 0 Å². The number of nitrogens with zero attached hydrogens (tertiary/aromatic N) is 1. The molecule has 2 rings (SSSR count). The average Bonchev–Trinajstić information content (AvgIpc) is 2.39. The maximum atomic E-state index is 12.4. The molecule has 0 saturated carbocycles. The van der Waals surface area contributed by atoms with Crippen LogP contribution in [0.15, 0.2) is 42.6 Å². The third-order valence-electron chi connectivity index (χ3n) is 2.49. The first-order valence-electron chi connectivity index (χ1n) is 5.56. The Morgan fingerprint density at radius 3 is 2.25 bits per heavy atom. The van der Waals surface area contributed by atoms with Crippen LogP contribution >= 0.6 is 0 Å². The van der Waals surface area contributed by atoms with Crippen LogP contribution in [0, 0.1) is 0 Å². The van der Waals surface area contributed by atoms with Crippen molar-refractivity contribution in [1.29, 1.82) is 0 Å². The molecule has 104 valence electrons. The molecule has 0 aliphatic carbocycles. The van der Waals surface area contributed by atoms with Crippen molar-refractivity contribution in [2.75, 3.05) is 11.1 Å². The molecule has 0 radical (unpaired) electrons. The molecular weight excluding hydrogens is 271 g/mol. The lowest BCUT2D eigenvalue weighted by atomic mass is 10.2. The number of carbonyl (C=O) groups excluding carboxylic acids is 1. The molecule has 0 aliphatic heterocycles. The molecule has 1 aromatic heterocycles. The number of amides is 1. The van der Waals surface area contributed by atoms with Gasteiger partial charge in [0.1, 0.15) is 5.69 Å². The number of anilines is 2. The summed E-state index contributed by atoms with van der Waals surface area (Å²) in [7, 11) is 0. The van der Waals surface area contributed by atoms with Crippen molar-refractivity contribution in [2.24, 2.45) is 0 Å². The van der Waals surface area contributed by atoms with Gasteiger partial charge < -0.3 is 11.1 Å². The molecule has 1 heterocycles. The lowest BCUT2D eigenvalue weighted by Crippen LogP contribution is -2.14. The number of halogens is 3. The summed E-state index contributed by atoms with van der Waals surface area (Å²) in [5.41, 5.74) is 5.45. The second-order valence-electron chi connectivity index (χ2n) is 4.01. The fraction of sp³-hybridized carbons (Fsp3) is 0.0769. The molecule has 0 bridgehead atoms. The van der Waals surface area contributed by atoms with Crippen molar-refractivity contribution in [1.82, 2.24) is 4.98 Å². The lowest BCUT2D eigenvalue weighted by Gasteiger charge is -2.08. The smallest absolute Gasteiger partial charge is 0.397 e. The summed E-state index contributed by atoms with van der Waals surface area (Å²) in [5, 5.41) is 2.45. The van der Waals surface area contributed by atoms with E-state index in [1.54, 1.807) is 0 Å². The van der Waals surface area contributed by atoms with Crippen LogP contribution in [0.5, 0.6) is 0 Å². The molecule has 0 spiro atoms. The highest BCUT2D eigenvalue weighted by Crippen LogP contribution is 2.29. The molecule has 0 saturated heterocycles. The van der Waals surface area contributed by atoms with E-state index in [-0.39, 0.29) is 11.4 Å². The van der Waals surface area contributed by atoms with Gasteiger partial charge in [0.15, 0.2) is 0 Å². The fourth-order valence-corrected chi connectivity index (χ4v) is 1.48. The van der Waals surface area contributed by atoms with Crippen LogP contribution < -0.4 is 11.1 Å². The minimum Gasteiger partial charge on any atom is -0.397 e. The Labute approximate surface area is 112 Å². The lowest BCUT2D eigenvalue weighted by molar-refractivity contribution is -0.137. The van der Waals surface area contributed by atoms with Gasteiger partial charge >= 0.3 is 6.18 Å². The summed E-state index contributed by atoms with van der Waals surface area (Å²) >= 11 is 0. The van der Waals surface area contributed by atoms with Gasteiger partial charge in [-0.1, -0.05) is 0 Å². The standard InChI is InChI=1S/C13H10F3N3O/c14-13(15,16)8-1-4-10(5-2-8)19-12(20)11-6-3-9(17)7-18-11/h1-7H,17H2,(H,19,20). The first kappa shape index (κ1) is 13.9. The zero-order valence-electron chi connectivity index (χ0n) is 10.1.